The van der Waals surface area contributed by atoms with Crippen LogP contribution in [0, 0.1) is 0 Å². The maximum Gasteiger partial charge on any atom is 0.164 e. The van der Waals surface area contributed by atoms with E-state index < -0.39 is 0 Å². The summed E-state index contributed by atoms with van der Waals surface area (Å²) in [7, 11) is 0. The number of H-pyrrole nitrogens is 1. The number of aromatic nitrogens is 5. The normalized spacial score (nSPS) is 19.9. The smallest absolute Gasteiger partial charge is 0.164 e. The molecule has 1 N–H and O–H groups in total. The van der Waals surface area contributed by atoms with E-state index in [0.29, 0.717) is 19.0 Å². The lowest BCUT2D eigenvalue weighted by Gasteiger charge is -2.34. The molecule has 2 aliphatic heterocycles. The van der Waals surface area contributed by atoms with Crippen molar-refractivity contribution in [3.05, 3.63) is 48.6 Å². The number of hydrogen-bond donors (Lipinski definition) is 1. The number of nitrogens with one attached hydrogen (secondary N) is 1. The van der Waals surface area contributed by atoms with E-state index in [1.807, 2.05) is 30.7 Å². The Morgan fingerprint density at radius 2 is 2.09 bits per heavy atom. The number of aromatic amines is 1. The molecule has 0 saturated carbocycles. The lowest BCUT2D eigenvalue weighted by molar-refractivity contribution is 0.0987. The Labute approximate surface area is 192 Å². The van der Waals surface area contributed by atoms with Crippen molar-refractivity contribution >= 4 is 34.1 Å². The fraction of sp³-hybridized carbons (Fsp3) is 0.360. The molecule has 8 heteroatoms. The third-order valence-electron chi connectivity index (χ3n) is 6.63. The molecule has 0 spiro atoms. The van der Waals surface area contributed by atoms with Gasteiger partial charge < -0.3 is 19.2 Å². The standard InChI is InChI=1S/C25H27N7O/c1-16-15-33-14-13-31(16)24-20-8-12-32(17(2)21-5-3-4-9-26-21)25(20)30-23(29-24)19-7-11-28-22-18(19)6-10-27-22/h5-12,16-17H,3-4,13-15H2,1-2H3,(H,27,28)/t16-,17?/m1/s1. The molecule has 0 amide bonds. The van der Waals surface area contributed by atoms with E-state index in [0.717, 1.165) is 58.5 Å². The molecule has 1 fully saturated rings. The van der Waals surface area contributed by atoms with Crippen molar-refractivity contribution in [3.8, 4) is 11.4 Å². The Morgan fingerprint density at radius 1 is 1.15 bits per heavy atom. The van der Waals surface area contributed by atoms with Crippen LogP contribution in [0.15, 0.2) is 53.6 Å². The van der Waals surface area contributed by atoms with Gasteiger partial charge in [-0.05, 0) is 44.9 Å². The van der Waals surface area contributed by atoms with Gasteiger partial charge in [-0.15, -0.1) is 0 Å². The predicted molar refractivity (Wildman–Crippen MR) is 131 cm³/mol. The molecule has 8 nitrogen and oxygen atoms in total. The Bertz CT molecular complexity index is 1380. The Kier molecular flexibility index (Phi) is 4.95. The number of ether oxygens (including phenoxy) is 1. The molecule has 4 aromatic heterocycles. The van der Waals surface area contributed by atoms with Crippen LogP contribution in [0.4, 0.5) is 5.82 Å². The molecule has 1 saturated heterocycles. The van der Waals surface area contributed by atoms with Crippen molar-refractivity contribution in [2.24, 2.45) is 4.99 Å². The highest BCUT2D eigenvalue weighted by Gasteiger charge is 2.26. The van der Waals surface area contributed by atoms with Crippen LogP contribution in [0.3, 0.4) is 0 Å². The van der Waals surface area contributed by atoms with Crippen molar-refractivity contribution in [2.45, 2.75) is 38.8 Å². The predicted octanol–water partition coefficient (Wildman–Crippen LogP) is 4.51. The largest absolute Gasteiger partial charge is 0.377 e. The van der Waals surface area contributed by atoms with Gasteiger partial charge in [0.25, 0.3) is 0 Å². The summed E-state index contributed by atoms with van der Waals surface area (Å²) in [5.41, 5.74) is 3.81. The Morgan fingerprint density at radius 3 is 2.94 bits per heavy atom. The zero-order valence-corrected chi connectivity index (χ0v) is 18.9. The monoisotopic (exact) mass is 441 g/mol. The van der Waals surface area contributed by atoms with E-state index in [4.69, 9.17) is 14.7 Å². The number of aliphatic imine (C=N–C) groups is 1. The molecule has 0 bridgehead atoms. The average Bonchev–Trinajstić information content (AvgIpc) is 3.51. The number of nitrogens with zero attached hydrogens (tertiary/aromatic N) is 6. The fourth-order valence-corrected chi connectivity index (χ4v) is 4.82. The molecule has 6 rings (SSSR count). The molecular formula is C25H27N7O. The first-order chi connectivity index (χ1) is 16.2. The molecule has 33 heavy (non-hydrogen) atoms. The zero-order chi connectivity index (χ0) is 22.4. The molecular weight excluding hydrogens is 414 g/mol. The van der Waals surface area contributed by atoms with Crippen molar-refractivity contribution in [2.75, 3.05) is 24.7 Å². The highest BCUT2D eigenvalue weighted by atomic mass is 16.5. The van der Waals surface area contributed by atoms with Crippen LogP contribution in [0.1, 0.15) is 32.7 Å². The first kappa shape index (κ1) is 20.1. The molecule has 6 heterocycles. The van der Waals surface area contributed by atoms with E-state index in [9.17, 15) is 0 Å². The van der Waals surface area contributed by atoms with Crippen molar-refractivity contribution in [1.29, 1.82) is 0 Å². The Hall–Kier alpha value is -3.52. The molecule has 2 aliphatic rings. The number of hydrogen-bond acceptors (Lipinski definition) is 6. The SMILES string of the molecule is CC(C1=CCCC=N1)n1ccc2c(N3CCOC[C@H]3C)nc(-c3ccnc4[nH]ccc34)nc21. The van der Waals surface area contributed by atoms with Gasteiger partial charge in [0.2, 0.25) is 0 Å². The van der Waals surface area contributed by atoms with Gasteiger partial charge in [0, 0.05) is 42.3 Å². The van der Waals surface area contributed by atoms with E-state index in [2.05, 4.69) is 56.6 Å². The van der Waals surface area contributed by atoms with E-state index in [1.165, 1.54) is 0 Å². The van der Waals surface area contributed by atoms with E-state index in [1.54, 1.807) is 0 Å². The number of pyridine rings is 1. The summed E-state index contributed by atoms with van der Waals surface area (Å²) in [6.07, 6.45) is 12.1. The van der Waals surface area contributed by atoms with Gasteiger partial charge in [0.05, 0.1) is 36.4 Å². The van der Waals surface area contributed by atoms with Crippen LogP contribution in [0.25, 0.3) is 33.5 Å². The second kappa shape index (κ2) is 8.12. The van der Waals surface area contributed by atoms with Crippen LogP contribution >= 0.6 is 0 Å². The summed E-state index contributed by atoms with van der Waals surface area (Å²) < 4.78 is 7.93. The Balaban J connectivity index is 1.57. The first-order valence-corrected chi connectivity index (χ1v) is 11.6. The topological polar surface area (TPSA) is 84.2 Å². The molecule has 168 valence electrons. The summed E-state index contributed by atoms with van der Waals surface area (Å²) in [4.78, 5) is 24.9. The molecule has 0 aromatic carbocycles. The third-order valence-corrected chi connectivity index (χ3v) is 6.63. The van der Waals surface area contributed by atoms with Gasteiger partial charge in [-0.1, -0.05) is 6.08 Å². The molecule has 0 radical (unpaired) electrons. The molecule has 2 atom stereocenters. The minimum atomic E-state index is 0.0847. The summed E-state index contributed by atoms with van der Waals surface area (Å²) in [5.74, 6) is 1.66. The number of morpholine rings is 1. The van der Waals surface area contributed by atoms with Crippen LogP contribution < -0.4 is 4.90 Å². The lowest BCUT2D eigenvalue weighted by Crippen LogP contribution is -2.44. The molecule has 0 aliphatic carbocycles. The van der Waals surface area contributed by atoms with Gasteiger partial charge in [-0.2, -0.15) is 0 Å². The fourth-order valence-electron chi connectivity index (χ4n) is 4.82. The minimum Gasteiger partial charge on any atom is -0.377 e. The van der Waals surface area contributed by atoms with Gasteiger partial charge in [0.1, 0.15) is 17.1 Å². The summed E-state index contributed by atoms with van der Waals surface area (Å²) in [5, 5.41) is 2.07. The molecule has 1 unspecified atom stereocenters. The highest BCUT2D eigenvalue weighted by molar-refractivity contribution is 5.95. The van der Waals surface area contributed by atoms with Gasteiger partial charge in [0.15, 0.2) is 5.82 Å². The second-order valence-corrected chi connectivity index (χ2v) is 8.74. The lowest BCUT2D eigenvalue weighted by atomic mass is 10.1. The quantitative estimate of drug-likeness (QED) is 0.504. The van der Waals surface area contributed by atoms with Crippen LogP contribution in [-0.2, 0) is 4.74 Å². The average molecular weight is 442 g/mol. The van der Waals surface area contributed by atoms with Crippen molar-refractivity contribution in [3.63, 3.8) is 0 Å². The molecule has 4 aromatic rings. The summed E-state index contributed by atoms with van der Waals surface area (Å²) >= 11 is 0. The van der Waals surface area contributed by atoms with Crippen LogP contribution in [0.2, 0.25) is 0 Å². The van der Waals surface area contributed by atoms with E-state index in [-0.39, 0.29) is 12.1 Å². The van der Waals surface area contributed by atoms with Crippen LogP contribution in [-0.4, -0.2) is 56.5 Å². The summed E-state index contributed by atoms with van der Waals surface area (Å²) in [6, 6.07) is 6.49. The van der Waals surface area contributed by atoms with E-state index >= 15 is 0 Å². The summed E-state index contributed by atoms with van der Waals surface area (Å²) in [6.45, 7) is 6.56. The van der Waals surface area contributed by atoms with Crippen molar-refractivity contribution < 1.29 is 4.74 Å². The zero-order valence-electron chi connectivity index (χ0n) is 18.9. The maximum absolute atomic E-state index is 5.70. The van der Waals surface area contributed by atoms with Gasteiger partial charge >= 0.3 is 0 Å². The maximum atomic E-state index is 5.70. The number of rotatable bonds is 4. The van der Waals surface area contributed by atoms with Crippen LogP contribution in [0.5, 0.6) is 0 Å². The third kappa shape index (κ3) is 3.41. The first-order valence-electron chi connectivity index (χ1n) is 11.6. The second-order valence-electron chi connectivity index (χ2n) is 8.74. The number of allylic oxidation sites excluding steroid dienone is 2. The highest BCUT2D eigenvalue weighted by Crippen LogP contribution is 2.35. The van der Waals surface area contributed by atoms with Crippen molar-refractivity contribution in [1.82, 2.24) is 24.5 Å². The minimum absolute atomic E-state index is 0.0847. The van der Waals surface area contributed by atoms with Gasteiger partial charge in [-0.25, -0.2) is 15.0 Å². The number of anilines is 1. The number of fused-ring (bicyclic) bond motifs is 2. The van der Waals surface area contributed by atoms with Gasteiger partial charge in [-0.3, -0.25) is 4.99 Å².